The van der Waals surface area contributed by atoms with Crippen LogP contribution in [0.15, 0.2) is 12.4 Å². The van der Waals surface area contributed by atoms with Gasteiger partial charge in [0.1, 0.15) is 5.82 Å². The molecule has 5 nitrogen and oxygen atoms in total. The van der Waals surface area contributed by atoms with Crippen molar-refractivity contribution in [1.29, 1.82) is 0 Å². The van der Waals surface area contributed by atoms with Crippen molar-refractivity contribution in [3.63, 3.8) is 0 Å². The third kappa shape index (κ3) is 2.27. The van der Waals surface area contributed by atoms with E-state index in [0.29, 0.717) is 11.9 Å². The Bertz CT molecular complexity index is 300. The van der Waals surface area contributed by atoms with Crippen LogP contribution in [0.3, 0.4) is 0 Å². The number of nitrogen functional groups attached to an aromatic ring is 1. The van der Waals surface area contributed by atoms with Crippen LogP contribution in [0.4, 0.5) is 11.6 Å². The van der Waals surface area contributed by atoms with Crippen molar-refractivity contribution in [1.82, 2.24) is 9.97 Å². The number of aromatic nitrogens is 2. The van der Waals surface area contributed by atoms with Crippen LogP contribution in [0.25, 0.3) is 0 Å². The molecule has 2 heterocycles. The van der Waals surface area contributed by atoms with Crippen molar-refractivity contribution in [2.24, 2.45) is 5.84 Å². The van der Waals surface area contributed by atoms with E-state index in [1.165, 1.54) is 12.2 Å². The van der Waals surface area contributed by atoms with Gasteiger partial charge in [0, 0.05) is 11.8 Å². The summed E-state index contributed by atoms with van der Waals surface area (Å²) in [5.41, 5.74) is 2.47. The molecule has 1 aliphatic heterocycles. The minimum absolute atomic E-state index is 0.516. The first-order valence-electron chi connectivity index (χ1n) is 4.51. The molecular formula is C8H13N5S. The summed E-state index contributed by atoms with van der Waals surface area (Å²) in [5.74, 6) is 8.97. The number of hydrogen-bond acceptors (Lipinski definition) is 6. The van der Waals surface area contributed by atoms with Crippen molar-refractivity contribution in [3.05, 3.63) is 12.4 Å². The summed E-state index contributed by atoms with van der Waals surface area (Å²) in [5, 5.41) is 3.33. The number of anilines is 2. The number of hydrazine groups is 1. The van der Waals surface area contributed by atoms with Crippen molar-refractivity contribution >= 4 is 23.4 Å². The van der Waals surface area contributed by atoms with Gasteiger partial charge in [-0.15, -0.1) is 0 Å². The molecule has 14 heavy (non-hydrogen) atoms. The van der Waals surface area contributed by atoms with Gasteiger partial charge in [0.15, 0.2) is 5.82 Å². The van der Waals surface area contributed by atoms with Crippen LogP contribution in [0, 0.1) is 0 Å². The molecule has 1 aromatic heterocycles. The molecule has 76 valence electrons. The molecule has 1 saturated heterocycles. The van der Waals surface area contributed by atoms with Gasteiger partial charge in [-0.2, -0.15) is 11.8 Å². The summed E-state index contributed by atoms with van der Waals surface area (Å²) in [6.45, 7) is 0. The van der Waals surface area contributed by atoms with E-state index in [1.54, 1.807) is 12.4 Å². The molecule has 0 amide bonds. The lowest BCUT2D eigenvalue weighted by Gasteiger charge is -2.11. The second-order valence-electron chi connectivity index (χ2n) is 3.14. The summed E-state index contributed by atoms with van der Waals surface area (Å²) in [4.78, 5) is 8.26. The van der Waals surface area contributed by atoms with Crippen molar-refractivity contribution < 1.29 is 0 Å². The maximum atomic E-state index is 5.24. The second-order valence-corrected chi connectivity index (χ2v) is 4.29. The van der Waals surface area contributed by atoms with E-state index >= 15 is 0 Å². The Morgan fingerprint density at radius 1 is 1.43 bits per heavy atom. The zero-order chi connectivity index (χ0) is 9.80. The van der Waals surface area contributed by atoms with E-state index in [0.717, 1.165) is 11.6 Å². The third-order valence-corrected chi connectivity index (χ3v) is 3.23. The van der Waals surface area contributed by atoms with E-state index in [2.05, 4.69) is 20.7 Å². The van der Waals surface area contributed by atoms with Gasteiger partial charge < -0.3 is 10.7 Å². The van der Waals surface area contributed by atoms with Crippen LogP contribution < -0.4 is 16.6 Å². The molecule has 1 fully saturated rings. The van der Waals surface area contributed by atoms with Gasteiger partial charge in [0.25, 0.3) is 0 Å². The normalized spacial score (nSPS) is 20.8. The van der Waals surface area contributed by atoms with Crippen LogP contribution in [0.1, 0.15) is 6.42 Å². The van der Waals surface area contributed by atoms with Crippen LogP contribution in [-0.4, -0.2) is 27.5 Å². The fraction of sp³-hybridized carbons (Fsp3) is 0.500. The third-order valence-electron chi connectivity index (χ3n) is 2.06. The Kier molecular flexibility index (Phi) is 3.05. The second kappa shape index (κ2) is 4.47. The van der Waals surface area contributed by atoms with E-state index < -0.39 is 0 Å². The molecule has 1 unspecified atom stereocenters. The van der Waals surface area contributed by atoms with Gasteiger partial charge in [-0.05, 0) is 12.2 Å². The number of rotatable bonds is 3. The molecule has 0 bridgehead atoms. The van der Waals surface area contributed by atoms with Crippen LogP contribution in [0.5, 0.6) is 0 Å². The molecular weight excluding hydrogens is 198 g/mol. The topological polar surface area (TPSA) is 75.9 Å². The largest absolute Gasteiger partial charge is 0.365 e. The molecule has 2 rings (SSSR count). The Morgan fingerprint density at radius 2 is 2.29 bits per heavy atom. The average molecular weight is 211 g/mol. The molecule has 1 aliphatic rings. The highest BCUT2D eigenvalue weighted by Gasteiger charge is 2.15. The number of hydrogen-bond donors (Lipinski definition) is 3. The predicted octanol–water partition coefficient (Wildman–Crippen LogP) is 0.680. The molecule has 0 aliphatic carbocycles. The van der Waals surface area contributed by atoms with Gasteiger partial charge in [0.2, 0.25) is 0 Å². The maximum absolute atomic E-state index is 5.24. The van der Waals surface area contributed by atoms with Gasteiger partial charge in [-0.25, -0.2) is 10.8 Å². The lowest BCUT2D eigenvalue weighted by Crippen LogP contribution is -2.19. The summed E-state index contributed by atoms with van der Waals surface area (Å²) in [7, 11) is 0. The van der Waals surface area contributed by atoms with Crippen molar-refractivity contribution in [3.8, 4) is 0 Å². The molecule has 0 spiro atoms. The molecule has 6 heteroatoms. The Hall–Kier alpha value is -1.01. The first-order chi connectivity index (χ1) is 6.88. The first-order valence-corrected chi connectivity index (χ1v) is 5.67. The zero-order valence-electron chi connectivity index (χ0n) is 7.73. The predicted molar refractivity (Wildman–Crippen MR) is 59.2 cm³/mol. The van der Waals surface area contributed by atoms with Gasteiger partial charge in [0.05, 0.1) is 12.4 Å². The summed E-state index contributed by atoms with van der Waals surface area (Å²) in [6, 6.07) is 0.516. The highest BCUT2D eigenvalue weighted by molar-refractivity contribution is 7.99. The zero-order valence-corrected chi connectivity index (χ0v) is 8.55. The maximum Gasteiger partial charge on any atom is 0.160 e. The highest BCUT2D eigenvalue weighted by Crippen LogP contribution is 2.20. The van der Waals surface area contributed by atoms with E-state index in [1.807, 2.05) is 11.8 Å². The lowest BCUT2D eigenvalue weighted by atomic mass is 10.3. The molecule has 0 saturated carbocycles. The van der Waals surface area contributed by atoms with E-state index in [4.69, 9.17) is 5.84 Å². The van der Waals surface area contributed by atoms with E-state index in [9.17, 15) is 0 Å². The van der Waals surface area contributed by atoms with Crippen molar-refractivity contribution in [2.45, 2.75) is 12.5 Å². The number of nitrogens with one attached hydrogen (secondary N) is 2. The van der Waals surface area contributed by atoms with Gasteiger partial charge in [-0.1, -0.05) is 0 Å². The quantitative estimate of drug-likeness (QED) is 0.504. The molecule has 0 radical (unpaired) electrons. The summed E-state index contributed by atoms with van der Waals surface area (Å²) >= 11 is 1.96. The number of nitrogens with zero attached hydrogens (tertiary/aromatic N) is 2. The van der Waals surface area contributed by atoms with E-state index in [-0.39, 0.29) is 0 Å². The van der Waals surface area contributed by atoms with Crippen LogP contribution in [-0.2, 0) is 0 Å². The van der Waals surface area contributed by atoms with Gasteiger partial charge >= 0.3 is 0 Å². The highest BCUT2D eigenvalue weighted by atomic mass is 32.2. The molecule has 0 aromatic carbocycles. The molecule has 1 atom stereocenters. The van der Waals surface area contributed by atoms with Crippen LogP contribution in [0.2, 0.25) is 0 Å². The van der Waals surface area contributed by atoms with Gasteiger partial charge in [-0.3, -0.25) is 4.98 Å². The summed E-state index contributed by atoms with van der Waals surface area (Å²) < 4.78 is 0. The standard InChI is InChI=1S/C8H13N5S/c9-13-8-4-10-3-7(12-8)11-6-1-2-14-5-6/h3-4,6H,1-2,5,9H2,(H2,11,12,13). The Labute approximate surface area is 86.9 Å². The Balaban J connectivity index is 2.00. The SMILES string of the molecule is NNc1cncc(NC2CCSC2)n1. The summed E-state index contributed by atoms with van der Waals surface area (Å²) in [6.07, 6.45) is 4.49. The molecule has 1 aromatic rings. The number of nitrogens with two attached hydrogens (primary N) is 1. The minimum Gasteiger partial charge on any atom is -0.365 e. The fourth-order valence-corrected chi connectivity index (χ4v) is 2.51. The monoisotopic (exact) mass is 211 g/mol. The first kappa shape index (κ1) is 9.54. The average Bonchev–Trinajstić information content (AvgIpc) is 2.71. The lowest BCUT2D eigenvalue weighted by molar-refractivity contribution is 0.805. The fourth-order valence-electron chi connectivity index (χ4n) is 1.36. The smallest absolute Gasteiger partial charge is 0.160 e. The van der Waals surface area contributed by atoms with Crippen LogP contribution >= 0.6 is 11.8 Å². The Morgan fingerprint density at radius 3 is 3.00 bits per heavy atom. The minimum atomic E-state index is 0.516. The molecule has 4 N–H and O–H groups in total. The number of thioether (sulfide) groups is 1. The van der Waals surface area contributed by atoms with Crippen molar-refractivity contribution in [2.75, 3.05) is 22.2 Å².